The Morgan fingerprint density at radius 1 is 1.12 bits per heavy atom. The smallest absolute Gasteiger partial charge is 0.358 e. The van der Waals surface area contributed by atoms with Gasteiger partial charge in [-0.25, -0.2) is 9.18 Å². The van der Waals surface area contributed by atoms with Gasteiger partial charge in [0.25, 0.3) is 0 Å². The van der Waals surface area contributed by atoms with Crippen LogP contribution in [0.15, 0.2) is 54.6 Å². The van der Waals surface area contributed by atoms with Gasteiger partial charge in [0, 0.05) is 5.56 Å². The van der Waals surface area contributed by atoms with Crippen LogP contribution in [0.1, 0.15) is 23.0 Å². The second-order valence-corrected chi connectivity index (χ2v) is 5.65. The molecule has 0 unspecified atom stereocenters. The number of halogens is 1. The molecule has 0 atom stereocenters. The van der Waals surface area contributed by atoms with E-state index in [1.54, 1.807) is 36.9 Å². The number of rotatable bonds is 6. The van der Waals surface area contributed by atoms with Crippen LogP contribution in [-0.4, -0.2) is 29.5 Å². The average Bonchev–Trinajstić information content (AvgIpc) is 3.07. The molecule has 3 aromatic rings. The summed E-state index contributed by atoms with van der Waals surface area (Å²) < 4.78 is 25.2. The van der Waals surface area contributed by atoms with E-state index in [4.69, 9.17) is 9.47 Å². The molecular weight excluding hydrogens is 335 g/mol. The highest BCUT2D eigenvalue weighted by atomic mass is 19.1. The number of carbonyl (C=O) groups is 1. The summed E-state index contributed by atoms with van der Waals surface area (Å²) in [6.07, 6.45) is 0. The molecule has 0 aliphatic rings. The zero-order valence-corrected chi connectivity index (χ0v) is 14.6. The van der Waals surface area contributed by atoms with E-state index in [1.807, 2.05) is 24.3 Å². The molecule has 0 aliphatic carbocycles. The van der Waals surface area contributed by atoms with Crippen molar-refractivity contribution in [2.75, 3.05) is 13.7 Å². The van der Waals surface area contributed by atoms with Crippen LogP contribution in [0.25, 0.3) is 11.3 Å². The first-order valence-corrected chi connectivity index (χ1v) is 8.24. The van der Waals surface area contributed by atoms with Gasteiger partial charge in [-0.15, -0.1) is 0 Å². The molecule has 3 rings (SSSR count). The van der Waals surface area contributed by atoms with E-state index in [2.05, 4.69) is 5.10 Å². The summed E-state index contributed by atoms with van der Waals surface area (Å²) >= 11 is 0. The summed E-state index contributed by atoms with van der Waals surface area (Å²) in [5.74, 6) is -0.0369. The van der Waals surface area contributed by atoms with Crippen molar-refractivity contribution >= 4 is 5.97 Å². The fourth-order valence-corrected chi connectivity index (χ4v) is 2.60. The standard InChI is InChI=1S/C20H19FN2O3/c1-3-26-20(24)18-12-19(15-6-8-16(21)9-7-15)23(22-18)13-14-4-10-17(25-2)11-5-14/h4-12H,3,13H2,1-2H3. The lowest BCUT2D eigenvalue weighted by atomic mass is 10.1. The normalized spacial score (nSPS) is 10.6. The summed E-state index contributed by atoms with van der Waals surface area (Å²) in [7, 11) is 1.61. The SMILES string of the molecule is CCOC(=O)c1cc(-c2ccc(F)cc2)n(Cc2ccc(OC)cc2)n1. The minimum atomic E-state index is -0.482. The minimum absolute atomic E-state index is 0.222. The van der Waals surface area contributed by atoms with Gasteiger partial charge < -0.3 is 9.47 Å². The van der Waals surface area contributed by atoms with Crippen molar-refractivity contribution in [1.82, 2.24) is 9.78 Å². The lowest BCUT2D eigenvalue weighted by Gasteiger charge is -2.08. The molecule has 0 saturated heterocycles. The molecule has 2 aromatic carbocycles. The third-order valence-electron chi connectivity index (χ3n) is 3.90. The van der Waals surface area contributed by atoms with E-state index in [9.17, 15) is 9.18 Å². The molecule has 0 spiro atoms. The maximum atomic E-state index is 13.2. The van der Waals surface area contributed by atoms with Crippen molar-refractivity contribution in [3.05, 3.63) is 71.7 Å². The van der Waals surface area contributed by atoms with Gasteiger partial charge in [0.15, 0.2) is 5.69 Å². The lowest BCUT2D eigenvalue weighted by molar-refractivity contribution is 0.0518. The van der Waals surface area contributed by atoms with Gasteiger partial charge in [0.05, 0.1) is 26.0 Å². The second kappa shape index (κ2) is 7.82. The first-order chi connectivity index (χ1) is 12.6. The third-order valence-corrected chi connectivity index (χ3v) is 3.90. The Balaban J connectivity index is 1.97. The lowest BCUT2D eigenvalue weighted by Crippen LogP contribution is -2.08. The summed E-state index contributed by atoms with van der Waals surface area (Å²) in [4.78, 5) is 12.1. The number of nitrogens with zero attached hydrogens (tertiary/aromatic N) is 2. The van der Waals surface area contributed by atoms with Gasteiger partial charge in [-0.05, 0) is 55.0 Å². The molecule has 0 saturated carbocycles. The van der Waals surface area contributed by atoms with E-state index >= 15 is 0 Å². The van der Waals surface area contributed by atoms with Crippen molar-refractivity contribution in [1.29, 1.82) is 0 Å². The van der Waals surface area contributed by atoms with Crippen LogP contribution in [0.4, 0.5) is 4.39 Å². The Morgan fingerprint density at radius 3 is 2.42 bits per heavy atom. The monoisotopic (exact) mass is 354 g/mol. The van der Waals surface area contributed by atoms with Crippen molar-refractivity contribution in [2.45, 2.75) is 13.5 Å². The maximum absolute atomic E-state index is 13.2. The predicted octanol–water partition coefficient (Wildman–Crippen LogP) is 3.92. The summed E-state index contributed by atoms with van der Waals surface area (Å²) in [6.45, 7) is 2.47. The Labute approximate surface area is 151 Å². The van der Waals surface area contributed by atoms with E-state index in [1.165, 1.54) is 12.1 Å². The van der Waals surface area contributed by atoms with Gasteiger partial charge in [0.1, 0.15) is 11.6 Å². The molecule has 0 amide bonds. The molecule has 0 N–H and O–H groups in total. The van der Waals surface area contributed by atoms with E-state index in [0.29, 0.717) is 12.2 Å². The Kier molecular flexibility index (Phi) is 5.31. The highest BCUT2D eigenvalue weighted by molar-refractivity contribution is 5.88. The number of esters is 1. The number of ether oxygens (including phenoxy) is 2. The number of hydrogen-bond acceptors (Lipinski definition) is 4. The van der Waals surface area contributed by atoms with Crippen LogP contribution in [0.3, 0.4) is 0 Å². The molecule has 0 bridgehead atoms. The van der Waals surface area contributed by atoms with E-state index in [0.717, 1.165) is 16.9 Å². The number of carbonyl (C=O) groups excluding carboxylic acids is 1. The average molecular weight is 354 g/mol. The van der Waals surface area contributed by atoms with Crippen molar-refractivity contribution in [3.8, 4) is 17.0 Å². The first kappa shape index (κ1) is 17.7. The van der Waals surface area contributed by atoms with Crippen molar-refractivity contribution in [3.63, 3.8) is 0 Å². The Morgan fingerprint density at radius 2 is 1.81 bits per heavy atom. The third kappa shape index (κ3) is 3.91. The van der Waals surface area contributed by atoms with E-state index < -0.39 is 5.97 Å². The molecule has 0 radical (unpaired) electrons. The summed E-state index contributed by atoms with van der Waals surface area (Å²) in [6, 6.07) is 15.3. The van der Waals surface area contributed by atoms with Gasteiger partial charge in [-0.1, -0.05) is 12.1 Å². The molecular formula is C20H19FN2O3. The van der Waals surface area contributed by atoms with Gasteiger partial charge in [-0.2, -0.15) is 5.10 Å². The zero-order chi connectivity index (χ0) is 18.5. The number of methoxy groups -OCH3 is 1. The minimum Gasteiger partial charge on any atom is -0.497 e. The number of aromatic nitrogens is 2. The molecule has 134 valence electrons. The highest BCUT2D eigenvalue weighted by Gasteiger charge is 2.17. The van der Waals surface area contributed by atoms with Crippen LogP contribution < -0.4 is 4.74 Å². The van der Waals surface area contributed by atoms with Crippen LogP contribution in [-0.2, 0) is 11.3 Å². The fourth-order valence-electron chi connectivity index (χ4n) is 2.60. The number of hydrogen-bond donors (Lipinski definition) is 0. The molecule has 5 nitrogen and oxygen atoms in total. The quantitative estimate of drug-likeness (QED) is 0.630. The zero-order valence-electron chi connectivity index (χ0n) is 14.6. The molecule has 26 heavy (non-hydrogen) atoms. The Bertz CT molecular complexity index is 886. The van der Waals surface area contributed by atoms with Gasteiger partial charge >= 0.3 is 5.97 Å². The van der Waals surface area contributed by atoms with Crippen LogP contribution >= 0.6 is 0 Å². The van der Waals surface area contributed by atoms with Crippen LogP contribution in [0, 0.1) is 5.82 Å². The predicted molar refractivity (Wildman–Crippen MR) is 95.7 cm³/mol. The summed E-state index contributed by atoms with van der Waals surface area (Å²) in [5.41, 5.74) is 2.69. The topological polar surface area (TPSA) is 53.4 Å². The van der Waals surface area contributed by atoms with Crippen molar-refractivity contribution < 1.29 is 18.7 Å². The molecule has 0 aliphatic heterocycles. The Hall–Kier alpha value is -3.15. The largest absolute Gasteiger partial charge is 0.497 e. The molecule has 0 fully saturated rings. The highest BCUT2D eigenvalue weighted by Crippen LogP contribution is 2.23. The first-order valence-electron chi connectivity index (χ1n) is 8.24. The fraction of sp³-hybridized carbons (Fsp3) is 0.200. The number of benzene rings is 2. The second-order valence-electron chi connectivity index (χ2n) is 5.65. The molecule has 1 aromatic heterocycles. The van der Waals surface area contributed by atoms with Crippen LogP contribution in [0.2, 0.25) is 0 Å². The van der Waals surface area contributed by atoms with Crippen LogP contribution in [0.5, 0.6) is 5.75 Å². The molecule has 1 heterocycles. The van der Waals surface area contributed by atoms with Gasteiger partial charge in [0.2, 0.25) is 0 Å². The maximum Gasteiger partial charge on any atom is 0.358 e. The van der Waals surface area contributed by atoms with Crippen molar-refractivity contribution in [2.24, 2.45) is 0 Å². The van der Waals surface area contributed by atoms with E-state index in [-0.39, 0.29) is 18.1 Å². The summed E-state index contributed by atoms with van der Waals surface area (Å²) in [5, 5.41) is 4.38. The molecule has 6 heteroatoms. The van der Waals surface area contributed by atoms with Gasteiger partial charge in [-0.3, -0.25) is 4.68 Å².